The number of nitrogens with zero attached hydrogens (tertiary/aromatic N) is 2. The van der Waals surface area contributed by atoms with Crippen molar-refractivity contribution >= 4 is 21.9 Å². The van der Waals surface area contributed by atoms with Crippen LogP contribution in [0.1, 0.15) is 33.3 Å². The van der Waals surface area contributed by atoms with Crippen molar-refractivity contribution < 1.29 is 4.90 Å². The number of hydrogen-bond donors (Lipinski definition) is 2. The molecule has 0 atom stereocenters. The van der Waals surface area contributed by atoms with Gasteiger partial charge in [0.05, 0.1) is 31.5 Å². The molecular formula is C19H27N4O+. The largest absolute Gasteiger partial charge is 0.349 e. The van der Waals surface area contributed by atoms with Crippen LogP contribution in [-0.2, 0) is 6.54 Å². The summed E-state index contributed by atoms with van der Waals surface area (Å²) < 4.78 is 1.73. The molecular weight excluding hydrogens is 300 g/mol. The van der Waals surface area contributed by atoms with Gasteiger partial charge in [0.15, 0.2) is 0 Å². The summed E-state index contributed by atoms with van der Waals surface area (Å²) in [6, 6.07) is 7.21. The van der Waals surface area contributed by atoms with E-state index in [9.17, 15) is 4.79 Å². The molecule has 5 heteroatoms. The van der Waals surface area contributed by atoms with Gasteiger partial charge in [-0.15, -0.1) is 0 Å². The van der Waals surface area contributed by atoms with E-state index in [0.29, 0.717) is 24.1 Å². The Balaban J connectivity index is 1.97. The zero-order valence-electron chi connectivity index (χ0n) is 15.2. The van der Waals surface area contributed by atoms with E-state index in [1.165, 1.54) is 10.5 Å². The molecule has 0 aliphatic heterocycles. The average Bonchev–Trinajstić information content (AvgIpc) is 2.87. The number of H-pyrrole nitrogens is 1. The molecule has 0 unspecified atom stereocenters. The summed E-state index contributed by atoms with van der Waals surface area (Å²) in [4.78, 5) is 22.1. The summed E-state index contributed by atoms with van der Waals surface area (Å²) in [6.45, 7) is 12.5. The maximum absolute atomic E-state index is 12.8. The summed E-state index contributed by atoms with van der Waals surface area (Å²) in [5, 5.41) is 1.02. The fraction of sp³-hybridized carbons (Fsp3) is 0.474. The maximum atomic E-state index is 12.8. The van der Waals surface area contributed by atoms with Crippen LogP contribution in [0.2, 0.25) is 0 Å². The van der Waals surface area contributed by atoms with Gasteiger partial charge in [0.1, 0.15) is 11.0 Å². The van der Waals surface area contributed by atoms with Gasteiger partial charge in [-0.1, -0.05) is 11.6 Å². The molecule has 3 aromatic rings. The molecule has 0 radical (unpaired) electrons. The third-order valence-electron chi connectivity index (χ3n) is 4.85. The zero-order valence-corrected chi connectivity index (χ0v) is 15.2. The topological polar surface area (TPSA) is 55.1 Å². The van der Waals surface area contributed by atoms with Crippen molar-refractivity contribution in [1.82, 2.24) is 14.5 Å². The Labute approximate surface area is 142 Å². The first kappa shape index (κ1) is 16.7. The lowest BCUT2D eigenvalue weighted by atomic mass is 10.2. The molecule has 1 aromatic carbocycles. The van der Waals surface area contributed by atoms with Gasteiger partial charge in [0.2, 0.25) is 0 Å². The molecule has 128 valence electrons. The fourth-order valence-electron chi connectivity index (χ4n) is 3.56. The van der Waals surface area contributed by atoms with Crippen molar-refractivity contribution in [2.24, 2.45) is 0 Å². The van der Waals surface area contributed by atoms with E-state index in [-0.39, 0.29) is 5.56 Å². The van der Waals surface area contributed by atoms with Crippen molar-refractivity contribution in [2.75, 3.05) is 6.54 Å². The minimum Gasteiger partial charge on any atom is -0.349 e. The second kappa shape index (κ2) is 6.40. The smallest absolute Gasteiger partial charge is 0.277 e. The van der Waals surface area contributed by atoms with Crippen LogP contribution >= 0.6 is 0 Å². The molecule has 2 N–H and O–H groups in total. The molecule has 0 aliphatic carbocycles. The Kier molecular flexibility index (Phi) is 4.45. The molecule has 3 rings (SSSR count). The highest BCUT2D eigenvalue weighted by Gasteiger charge is 2.18. The second-order valence-electron chi connectivity index (χ2n) is 7.28. The predicted molar refractivity (Wildman–Crippen MR) is 98.7 cm³/mol. The third kappa shape index (κ3) is 2.96. The molecule has 0 saturated heterocycles. The molecule has 2 heterocycles. The molecule has 2 aromatic heterocycles. The summed E-state index contributed by atoms with van der Waals surface area (Å²) in [5.41, 5.74) is 3.53. The van der Waals surface area contributed by atoms with Crippen LogP contribution in [0.5, 0.6) is 0 Å². The highest BCUT2D eigenvalue weighted by molar-refractivity contribution is 6.04. The molecule has 5 nitrogen and oxygen atoms in total. The van der Waals surface area contributed by atoms with Crippen LogP contribution in [0, 0.1) is 6.92 Å². The van der Waals surface area contributed by atoms with Crippen molar-refractivity contribution in [3.8, 4) is 0 Å². The first-order valence-corrected chi connectivity index (χ1v) is 8.71. The lowest BCUT2D eigenvalue weighted by Gasteiger charge is -2.27. The normalized spacial score (nSPS) is 12.3. The third-order valence-corrected chi connectivity index (χ3v) is 4.85. The molecule has 0 aliphatic rings. The van der Waals surface area contributed by atoms with Gasteiger partial charge in [-0.3, -0.25) is 9.36 Å². The van der Waals surface area contributed by atoms with Crippen molar-refractivity contribution in [2.45, 2.75) is 53.2 Å². The number of quaternary nitrogens is 1. The Hall–Kier alpha value is -2.14. The first-order valence-electron chi connectivity index (χ1n) is 8.71. The van der Waals surface area contributed by atoms with Crippen molar-refractivity contribution in [3.05, 3.63) is 40.4 Å². The van der Waals surface area contributed by atoms with Gasteiger partial charge >= 0.3 is 0 Å². The lowest BCUT2D eigenvalue weighted by Crippen LogP contribution is -3.18. The van der Waals surface area contributed by atoms with Gasteiger partial charge in [0.25, 0.3) is 5.56 Å². The van der Waals surface area contributed by atoms with Crippen LogP contribution in [-0.4, -0.2) is 33.2 Å². The Morgan fingerprint density at radius 1 is 1.21 bits per heavy atom. The minimum atomic E-state index is 0.0146. The van der Waals surface area contributed by atoms with Gasteiger partial charge in [-0.05, 0) is 46.8 Å². The molecule has 0 amide bonds. The van der Waals surface area contributed by atoms with Crippen LogP contribution in [0.15, 0.2) is 29.3 Å². The van der Waals surface area contributed by atoms with E-state index in [1.54, 1.807) is 10.9 Å². The number of hydrogen-bond acceptors (Lipinski definition) is 2. The SMILES string of the molecule is Cc1ccc2[nH]c3c(=O)n(CC[NH+](C(C)C)C(C)C)cnc3c2c1. The van der Waals surface area contributed by atoms with E-state index in [1.807, 2.05) is 12.1 Å². The minimum absolute atomic E-state index is 0.0146. The van der Waals surface area contributed by atoms with Crippen LogP contribution in [0.3, 0.4) is 0 Å². The van der Waals surface area contributed by atoms with Gasteiger partial charge in [0, 0.05) is 10.9 Å². The Bertz CT molecular complexity index is 912. The summed E-state index contributed by atoms with van der Waals surface area (Å²) >= 11 is 0. The second-order valence-corrected chi connectivity index (χ2v) is 7.28. The molecule has 0 spiro atoms. The molecule has 0 bridgehead atoms. The van der Waals surface area contributed by atoms with Crippen LogP contribution in [0.4, 0.5) is 0 Å². The molecule has 0 saturated carbocycles. The van der Waals surface area contributed by atoms with Gasteiger partial charge in [-0.25, -0.2) is 4.98 Å². The van der Waals surface area contributed by atoms with Crippen LogP contribution in [0.25, 0.3) is 21.9 Å². The van der Waals surface area contributed by atoms with Crippen molar-refractivity contribution in [3.63, 3.8) is 0 Å². The van der Waals surface area contributed by atoms with Gasteiger partial charge in [-0.2, -0.15) is 0 Å². The van der Waals surface area contributed by atoms with E-state index < -0.39 is 0 Å². The maximum Gasteiger partial charge on any atom is 0.277 e. The number of benzene rings is 1. The van der Waals surface area contributed by atoms with E-state index in [2.05, 4.69) is 50.7 Å². The van der Waals surface area contributed by atoms with E-state index in [4.69, 9.17) is 0 Å². The summed E-state index contributed by atoms with van der Waals surface area (Å²) in [5.74, 6) is 0. The summed E-state index contributed by atoms with van der Waals surface area (Å²) in [7, 11) is 0. The highest BCUT2D eigenvalue weighted by atomic mass is 16.1. The number of aromatic nitrogens is 3. The number of aromatic amines is 1. The standard InChI is InChI=1S/C19H26N4O/c1-12(2)23(13(3)4)9-8-22-11-20-17-15-10-14(5)6-7-16(15)21-18(17)19(22)24/h6-7,10-13,21H,8-9H2,1-5H3/p+1. The zero-order chi connectivity index (χ0) is 17.4. The van der Waals surface area contributed by atoms with E-state index >= 15 is 0 Å². The number of aryl methyl sites for hydroxylation is 1. The van der Waals surface area contributed by atoms with Gasteiger partial charge < -0.3 is 9.88 Å². The van der Waals surface area contributed by atoms with E-state index in [0.717, 1.165) is 23.0 Å². The quantitative estimate of drug-likeness (QED) is 0.752. The summed E-state index contributed by atoms with van der Waals surface area (Å²) in [6.07, 6.45) is 1.69. The number of rotatable bonds is 5. The first-order chi connectivity index (χ1) is 11.4. The fourth-order valence-corrected chi connectivity index (χ4v) is 3.56. The Morgan fingerprint density at radius 3 is 2.58 bits per heavy atom. The predicted octanol–water partition coefficient (Wildman–Crippen LogP) is 1.89. The monoisotopic (exact) mass is 327 g/mol. The highest BCUT2D eigenvalue weighted by Crippen LogP contribution is 2.22. The van der Waals surface area contributed by atoms with Crippen LogP contribution < -0.4 is 10.5 Å². The lowest BCUT2D eigenvalue weighted by molar-refractivity contribution is -0.942. The van der Waals surface area contributed by atoms with Crippen molar-refractivity contribution in [1.29, 1.82) is 0 Å². The average molecular weight is 327 g/mol. The number of nitrogens with one attached hydrogen (secondary N) is 2. The molecule has 24 heavy (non-hydrogen) atoms. The Morgan fingerprint density at radius 2 is 1.92 bits per heavy atom. The molecule has 0 fully saturated rings. The number of fused-ring (bicyclic) bond motifs is 3.